The average Bonchev–Trinajstić information content (AvgIpc) is 2.96. The number of amides is 1. The van der Waals surface area contributed by atoms with Crippen LogP contribution in [0.4, 0.5) is 10.5 Å². The molecule has 2 aliphatic heterocycles. The van der Waals surface area contributed by atoms with Crippen molar-refractivity contribution in [1.29, 1.82) is 0 Å². The standard InChI is InChI=1S/C16H20N2O4/c1-4-21-14(19)11-5-7-12(8-6-11)17-13-9-10-16(2,3)18(13)22-15(17)20/h5-8,13H,4,9-10H2,1-3H3. The minimum Gasteiger partial charge on any atom is -0.462 e. The zero-order chi connectivity index (χ0) is 15.9. The first-order chi connectivity index (χ1) is 10.4. The lowest BCUT2D eigenvalue weighted by Crippen LogP contribution is -2.41. The first kappa shape index (κ1) is 14.8. The molecule has 22 heavy (non-hydrogen) atoms. The molecular weight excluding hydrogens is 284 g/mol. The summed E-state index contributed by atoms with van der Waals surface area (Å²) < 4.78 is 4.96. The SMILES string of the molecule is CCOC(=O)c1ccc(N2C(=O)ON3C2CCC3(C)C)cc1. The van der Waals surface area contributed by atoms with Gasteiger partial charge in [-0.2, -0.15) is 0 Å². The van der Waals surface area contributed by atoms with Crippen molar-refractivity contribution in [3.63, 3.8) is 0 Å². The van der Waals surface area contributed by atoms with Gasteiger partial charge in [0.15, 0.2) is 0 Å². The van der Waals surface area contributed by atoms with E-state index >= 15 is 0 Å². The number of fused-ring (bicyclic) bond motifs is 1. The van der Waals surface area contributed by atoms with E-state index in [0.717, 1.165) is 18.5 Å². The quantitative estimate of drug-likeness (QED) is 0.804. The molecule has 0 spiro atoms. The fourth-order valence-corrected chi connectivity index (χ4v) is 3.03. The van der Waals surface area contributed by atoms with E-state index in [1.54, 1.807) is 41.2 Å². The number of hydrogen-bond acceptors (Lipinski definition) is 5. The molecule has 0 aliphatic carbocycles. The van der Waals surface area contributed by atoms with Crippen LogP contribution in [0.15, 0.2) is 24.3 Å². The van der Waals surface area contributed by atoms with Gasteiger partial charge >= 0.3 is 12.1 Å². The van der Waals surface area contributed by atoms with Crippen LogP contribution in [-0.2, 0) is 9.57 Å². The smallest absolute Gasteiger partial charge is 0.434 e. The molecular formula is C16H20N2O4. The van der Waals surface area contributed by atoms with Gasteiger partial charge in [0.25, 0.3) is 0 Å². The Hall–Kier alpha value is -2.08. The number of hydrogen-bond donors (Lipinski definition) is 0. The molecule has 6 nitrogen and oxygen atoms in total. The molecule has 118 valence electrons. The lowest BCUT2D eigenvalue weighted by atomic mass is 10.0. The van der Waals surface area contributed by atoms with Gasteiger partial charge in [0.05, 0.1) is 17.7 Å². The van der Waals surface area contributed by atoms with E-state index in [1.807, 2.05) is 0 Å². The molecule has 0 saturated carbocycles. The Morgan fingerprint density at radius 2 is 2.05 bits per heavy atom. The molecule has 1 atom stereocenters. The minimum atomic E-state index is -0.373. The highest BCUT2D eigenvalue weighted by Gasteiger charge is 2.52. The van der Waals surface area contributed by atoms with Crippen LogP contribution in [0.1, 0.15) is 44.0 Å². The zero-order valence-corrected chi connectivity index (χ0v) is 13.0. The summed E-state index contributed by atoms with van der Waals surface area (Å²) in [6.45, 7) is 6.23. The Morgan fingerprint density at radius 1 is 1.36 bits per heavy atom. The molecule has 6 heteroatoms. The first-order valence-corrected chi connectivity index (χ1v) is 7.52. The van der Waals surface area contributed by atoms with Crippen molar-refractivity contribution in [2.45, 2.75) is 45.3 Å². The van der Waals surface area contributed by atoms with Gasteiger partial charge in [0.2, 0.25) is 0 Å². The summed E-state index contributed by atoms with van der Waals surface area (Å²) in [6.07, 6.45) is 1.36. The van der Waals surface area contributed by atoms with Crippen LogP contribution in [0.2, 0.25) is 0 Å². The van der Waals surface area contributed by atoms with E-state index in [9.17, 15) is 9.59 Å². The summed E-state index contributed by atoms with van der Waals surface area (Å²) in [5, 5.41) is 1.77. The summed E-state index contributed by atoms with van der Waals surface area (Å²) in [7, 11) is 0. The van der Waals surface area contributed by atoms with Crippen LogP contribution in [0.3, 0.4) is 0 Å². The topological polar surface area (TPSA) is 59.1 Å². The second kappa shape index (κ2) is 5.28. The van der Waals surface area contributed by atoms with Gasteiger partial charge in [-0.15, -0.1) is 5.06 Å². The van der Waals surface area contributed by atoms with Gasteiger partial charge in [0.1, 0.15) is 6.17 Å². The van der Waals surface area contributed by atoms with Gasteiger partial charge < -0.3 is 9.57 Å². The highest BCUT2D eigenvalue weighted by molar-refractivity contribution is 5.92. The van der Waals surface area contributed by atoms with Crippen molar-refractivity contribution in [1.82, 2.24) is 5.06 Å². The molecule has 0 aromatic heterocycles. The Kier molecular flexibility index (Phi) is 3.56. The molecule has 3 rings (SSSR count). The number of rotatable bonds is 3. The third-order valence-corrected chi connectivity index (χ3v) is 4.21. The maximum absolute atomic E-state index is 12.2. The first-order valence-electron chi connectivity index (χ1n) is 7.52. The molecule has 2 saturated heterocycles. The summed E-state index contributed by atoms with van der Waals surface area (Å²) in [5.41, 5.74) is 1.05. The lowest BCUT2D eigenvalue weighted by molar-refractivity contribution is -0.131. The number of carbonyl (C=O) groups excluding carboxylic acids is 2. The third-order valence-electron chi connectivity index (χ3n) is 4.21. The number of ether oxygens (including phenoxy) is 1. The van der Waals surface area contributed by atoms with Crippen molar-refractivity contribution < 1.29 is 19.2 Å². The maximum atomic E-state index is 12.2. The predicted molar refractivity (Wildman–Crippen MR) is 80.3 cm³/mol. The molecule has 1 aromatic rings. The van der Waals surface area contributed by atoms with E-state index < -0.39 is 0 Å². The van der Waals surface area contributed by atoms with Gasteiger partial charge in [-0.1, -0.05) is 0 Å². The highest BCUT2D eigenvalue weighted by Crippen LogP contribution is 2.41. The van der Waals surface area contributed by atoms with Crippen molar-refractivity contribution in [3.8, 4) is 0 Å². The summed E-state index contributed by atoms with van der Waals surface area (Å²) in [5.74, 6) is -0.360. The van der Waals surface area contributed by atoms with Gasteiger partial charge in [-0.25, -0.2) is 9.59 Å². The Labute approximate surface area is 129 Å². The van der Waals surface area contributed by atoms with E-state index in [2.05, 4.69) is 13.8 Å². The summed E-state index contributed by atoms with van der Waals surface area (Å²) in [4.78, 5) is 30.9. The van der Waals surface area contributed by atoms with Crippen LogP contribution in [0.25, 0.3) is 0 Å². The number of esters is 1. The summed E-state index contributed by atoms with van der Waals surface area (Å²) in [6, 6.07) is 6.84. The fourth-order valence-electron chi connectivity index (χ4n) is 3.03. The lowest BCUT2D eigenvalue weighted by Gasteiger charge is -2.27. The number of carbonyl (C=O) groups is 2. The van der Waals surface area contributed by atoms with Crippen LogP contribution < -0.4 is 4.90 Å². The number of anilines is 1. The molecule has 0 radical (unpaired) electrons. The normalized spacial score (nSPS) is 23.3. The second-order valence-electron chi connectivity index (χ2n) is 6.15. The molecule has 2 fully saturated rings. The van der Waals surface area contributed by atoms with Gasteiger partial charge in [-0.05, 0) is 57.9 Å². The number of nitrogens with zero attached hydrogens (tertiary/aromatic N) is 2. The number of benzene rings is 1. The Bertz CT molecular complexity index is 597. The van der Waals surface area contributed by atoms with E-state index in [0.29, 0.717) is 12.2 Å². The zero-order valence-electron chi connectivity index (χ0n) is 13.0. The van der Waals surface area contributed by atoms with E-state index in [1.165, 1.54) is 0 Å². The Balaban J connectivity index is 1.82. The van der Waals surface area contributed by atoms with Gasteiger partial charge in [0, 0.05) is 5.69 Å². The van der Waals surface area contributed by atoms with E-state index in [-0.39, 0.29) is 23.8 Å². The molecule has 2 heterocycles. The van der Waals surface area contributed by atoms with Crippen molar-refractivity contribution >= 4 is 17.7 Å². The van der Waals surface area contributed by atoms with Crippen LogP contribution in [-0.4, -0.2) is 35.4 Å². The van der Waals surface area contributed by atoms with Crippen molar-refractivity contribution in [2.75, 3.05) is 11.5 Å². The summed E-state index contributed by atoms with van der Waals surface area (Å²) >= 11 is 0. The molecule has 0 bridgehead atoms. The van der Waals surface area contributed by atoms with Crippen LogP contribution in [0, 0.1) is 0 Å². The van der Waals surface area contributed by atoms with E-state index in [4.69, 9.17) is 9.57 Å². The van der Waals surface area contributed by atoms with Crippen LogP contribution >= 0.6 is 0 Å². The maximum Gasteiger partial charge on any atom is 0.434 e. The fraction of sp³-hybridized carbons (Fsp3) is 0.500. The van der Waals surface area contributed by atoms with Crippen molar-refractivity contribution in [3.05, 3.63) is 29.8 Å². The molecule has 0 N–H and O–H groups in total. The Morgan fingerprint density at radius 3 is 2.68 bits per heavy atom. The monoisotopic (exact) mass is 304 g/mol. The molecule has 1 aromatic carbocycles. The minimum absolute atomic E-state index is 0.0871. The largest absolute Gasteiger partial charge is 0.462 e. The number of hydroxylamine groups is 2. The molecule has 1 amide bonds. The predicted octanol–water partition coefficient (Wildman–Crippen LogP) is 2.94. The highest BCUT2D eigenvalue weighted by atomic mass is 16.7. The second-order valence-corrected chi connectivity index (χ2v) is 6.15. The third kappa shape index (κ3) is 2.33. The van der Waals surface area contributed by atoms with Crippen molar-refractivity contribution in [2.24, 2.45) is 0 Å². The van der Waals surface area contributed by atoms with Crippen LogP contribution in [0.5, 0.6) is 0 Å². The molecule has 1 unspecified atom stereocenters. The van der Waals surface area contributed by atoms with Gasteiger partial charge in [-0.3, -0.25) is 4.90 Å². The average molecular weight is 304 g/mol. The molecule has 2 aliphatic rings.